The van der Waals surface area contributed by atoms with Gasteiger partial charge < -0.3 is 0 Å². The van der Waals surface area contributed by atoms with E-state index in [4.69, 9.17) is 0 Å². The summed E-state index contributed by atoms with van der Waals surface area (Å²) in [5, 5.41) is 0. The Morgan fingerprint density at radius 2 is 2.30 bits per heavy atom. The van der Waals surface area contributed by atoms with Crippen molar-refractivity contribution < 1.29 is 0 Å². The van der Waals surface area contributed by atoms with Crippen LogP contribution in [-0.2, 0) is 0 Å². The van der Waals surface area contributed by atoms with Crippen molar-refractivity contribution in [2.24, 2.45) is 0 Å². The van der Waals surface area contributed by atoms with Crippen LogP contribution < -0.4 is 0 Å². The van der Waals surface area contributed by atoms with Gasteiger partial charge in [-0.3, -0.25) is 0 Å². The molecule has 0 nitrogen and oxygen atoms in total. The summed E-state index contributed by atoms with van der Waals surface area (Å²) in [6.07, 6.45) is 11.1. The lowest BCUT2D eigenvalue weighted by molar-refractivity contribution is 1.09. The van der Waals surface area contributed by atoms with Gasteiger partial charge in [0.1, 0.15) is 0 Å². The summed E-state index contributed by atoms with van der Waals surface area (Å²) in [5.41, 5.74) is 2.90. The van der Waals surface area contributed by atoms with Crippen molar-refractivity contribution in [3.05, 3.63) is 35.5 Å². The molecule has 0 aliphatic heterocycles. The van der Waals surface area contributed by atoms with E-state index in [-0.39, 0.29) is 0 Å². The highest BCUT2D eigenvalue weighted by Crippen LogP contribution is 2.16. The molecule has 1 aliphatic rings. The van der Waals surface area contributed by atoms with Crippen molar-refractivity contribution in [2.75, 3.05) is 0 Å². The van der Waals surface area contributed by atoms with Gasteiger partial charge in [0.05, 0.1) is 0 Å². The smallest absolute Gasteiger partial charge is 0.0160 e. The minimum Gasteiger partial charge on any atom is -0.0807 e. The van der Waals surface area contributed by atoms with Crippen LogP contribution in [0.25, 0.3) is 0 Å². The van der Waals surface area contributed by atoms with Crippen LogP contribution in [0.4, 0.5) is 0 Å². The van der Waals surface area contributed by atoms with Crippen molar-refractivity contribution in [3.63, 3.8) is 0 Å². The normalized spacial score (nSPS) is 17.8. The first-order valence-electron chi connectivity index (χ1n) is 3.87. The molecule has 1 rings (SSSR count). The molecular formula is C10H14. The Labute approximate surface area is 62.9 Å². The summed E-state index contributed by atoms with van der Waals surface area (Å²) in [6, 6.07) is 0. The summed E-state index contributed by atoms with van der Waals surface area (Å²) in [5.74, 6) is 0. The maximum absolute atomic E-state index is 2.30. The Morgan fingerprint density at radius 1 is 1.50 bits per heavy atom. The third kappa shape index (κ3) is 1.60. The highest BCUT2D eigenvalue weighted by molar-refractivity contribution is 5.34. The van der Waals surface area contributed by atoms with E-state index in [1.165, 1.54) is 11.1 Å². The maximum Gasteiger partial charge on any atom is -0.0160 e. The van der Waals surface area contributed by atoms with Crippen molar-refractivity contribution in [1.82, 2.24) is 0 Å². The van der Waals surface area contributed by atoms with Crippen molar-refractivity contribution in [2.45, 2.75) is 26.7 Å². The molecule has 0 N–H and O–H groups in total. The molecule has 0 heteroatoms. The third-order valence-electron chi connectivity index (χ3n) is 1.87. The van der Waals surface area contributed by atoms with E-state index < -0.39 is 0 Å². The molecule has 0 aromatic rings. The summed E-state index contributed by atoms with van der Waals surface area (Å²) < 4.78 is 0. The van der Waals surface area contributed by atoms with Crippen LogP contribution in [0.5, 0.6) is 0 Å². The standard InChI is InChI=1S/C10H14/c1-3-10-8-6-4-5-7-9(10)2/h4-5,7-8H,3,6H2,1-2H3. The fourth-order valence-corrected chi connectivity index (χ4v) is 1.19. The zero-order chi connectivity index (χ0) is 7.40. The van der Waals surface area contributed by atoms with E-state index in [0.29, 0.717) is 0 Å². The number of rotatable bonds is 1. The van der Waals surface area contributed by atoms with Gasteiger partial charge in [-0.1, -0.05) is 31.2 Å². The predicted molar refractivity (Wildman–Crippen MR) is 45.9 cm³/mol. The van der Waals surface area contributed by atoms with E-state index in [9.17, 15) is 0 Å². The van der Waals surface area contributed by atoms with Gasteiger partial charge in [-0.15, -0.1) is 0 Å². The Morgan fingerprint density at radius 3 is 3.00 bits per heavy atom. The van der Waals surface area contributed by atoms with Gasteiger partial charge in [0, 0.05) is 0 Å². The molecule has 0 bridgehead atoms. The van der Waals surface area contributed by atoms with Gasteiger partial charge in [-0.2, -0.15) is 0 Å². The predicted octanol–water partition coefficient (Wildman–Crippen LogP) is 3.23. The third-order valence-corrected chi connectivity index (χ3v) is 1.87. The second kappa shape index (κ2) is 3.40. The largest absolute Gasteiger partial charge is 0.0807 e. The molecule has 0 aromatic heterocycles. The van der Waals surface area contributed by atoms with E-state index >= 15 is 0 Å². The van der Waals surface area contributed by atoms with Crippen LogP contribution >= 0.6 is 0 Å². The van der Waals surface area contributed by atoms with Crippen molar-refractivity contribution >= 4 is 0 Å². The molecule has 0 unspecified atom stereocenters. The topological polar surface area (TPSA) is 0 Å². The molecule has 54 valence electrons. The van der Waals surface area contributed by atoms with Gasteiger partial charge >= 0.3 is 0 Å². The fraction of sp³-hybridized carbons (Fsp3) is 0.400. The van der Waals surface area contributed by atoms with Gasteiger partial charge in [0.15, 0.2) is 0 Å². The fourth-order valence-electron chi connectivity index (χ4n) is 1.19. The number of hydrogen-bond donors (Lipinski definition) is 0. The van der Waals surface area contributed by atoms with Gasteiger partial charge in [-0.25, -0.2) is 0 Å². The molecule has 0 amide bonds. The first-order chi connectivity index (χ1) is 4.84. The van der Waals surface area contributed by atoms with E-state index in [0.717, 1.165) is 12.8 Å². The van der Waals surface area contributed by atoms with E-state index in [1.54, 1.807) is 0 Å². The number of allylic oxidation sites excluding steroid dienone is 6. The molecule has 0 atom stereocenters. The lowest BCUT2D eigenvalue weighted by Gasteiger charge is -2.00. The summed E-state index contributed by atoms with van der Waals surface area (Å²) in [7, 11) is 0. The average Bonchev–Trinajstić information content (AvgIpc) is 2.13. The molecule has 0 aromatic carbocycles. The average molecular weight is 134 g/mol. The Bertz CT molecular complexity index is 192. The minimum atomic E-state index is 1.09. The van der Waals surface area contributed by atoms with Gasteiger partial charge in [0.25, 0.3) is 0 Å². The van der Waals surface area contributed by atoms with Gasteiger partial charge in [0.2, 0.25) is 0 Å². The molecule has 0 spiro atoms. The molecule has 0 saturated carbocycles. The van der Waals surface area contributed by atoms with Crippen LogP contribution in [0.15, 0.2) is 35.5 Å². The van der Waals surface area contributed by atoms with E-state index in [1.807, 2.05) is 0 Å². The van der Waals surface area contributed by atoms with E-state index in [2.05, 4.69) is 38.2 Å². The summed E-state index contributed by atoms with van der Waals surface area (Å²) >= 11 is 0. The Kier molecular flexibility index (Phi) is 2.49. The summed E-state index contributed by atoms with van der Waals surface area (Å²) in [4.78, 5) is 0. The zero-order valence-electron chi connectivity index (χ0n) is 6.72. The SMILES string of the molecule is CCC1=CCC=CC=C1C. The van der Waals surface area contributed by atoms with Gasteiger partial charge in [-0.05, 0) is 30.9 Å². The lowest BCUT2D eigenvalue weighted by atomic mass is 10.1. The van der Waals surface area contributed by atoms with Crippen LogP contribution in [0.3, 0.4) is 0 Å². The summed E-state index contributed by atoms with van der Waals surface area (Å²) in [6.45, 7) is 4.37. The van der Waals surface area contributed by atoms with Crippen LogP contribution in [0.2, 0.25) is 0 Å². The lowest BCUT2D eigenvalue weighted by Crippen LogP contribution is -1.80. The van der Waals surface area contributed by atoms with Crippen LogP contribution in [0.1, 0.15) is 26.7 Å². The molecular weight excluding hydrogens is 120 g/mol. The second-order valence-corrected chi connectivity index (χ2v) is 2.60. The Hall–Kier alpha value is -0.780. The second-order valence-electron chi connectivity index (χ2n) is 2.60. The minimum absolute atomic E-state index is 1.09. The maximum atomic E-state index is 2.30. The quantitative estimate of drug-likeness (QED) is 0.516. The highest BCUT2D eigenvalue weighted by Gasteiger charge is 1.96. The van der Waals surface area contributed by atoms with Crippen LogP contribution in [0, 0.1) is 0 Å². The Balaban J connectivity index is 2.81. The first kappa shape index (κ1) is 7.33. The molecule has 0 heterocycles. The number of hydrogen-bond acceptors (Lipinski definition) is 0. The first-order valence-corrected chi connectivity index (χ1v) is 3.87. The van der Waals surface area contributed by atoms with Crippen LogP contribution in [-0.4, -0.2) is 0 Å². The molecule has 1 aliphatic carbocycles. The molecule has 10 heavy (non-hydrogen) atoms. The molecule has 0 radical (unpaired) electrons. The molecule has 0 saturated heterocycles. The highest BCUT2D eigenvalue weighted by atomic mass is 14.0. The zero-order valence-corrected chi connectivity index (χ0v) is 6.72. The molecule has 0 fully saturated rings. The van der Waals surface area contributed by atoms with Crippen molar-refractivity contribution in [3.8, 4) is 0 Å². The van der Waals surface area contributed by atoms with Crippen molar-refractivity contribution in [1.29, 1.82) is 0 Å². The monoisotopic (exact) mass is 134 g/mol.